The van der Waals surface area contributed by atoms with Crippen molar-refractivity contribution < 1.29 is 28.2 Å². The van der Waals surface area contributed by atoms with E-state index in [2.05, 4.69) is 10.6 Å². The number of rotatable bonds is 6. The van der Waals surface area contributed by atoms with E-state index in [1.807, 2.05) is 0 Å². The van der Waals surface area contributed by atoms with Gasteiger partial charge >= 0.3 is 5.97 Å². The van der Waals surface area contributed by atoms with Gasteiger partial charge in [0.05, 0.1) is 19.2 Å². The smallest absolute Gasteiger partial charge is 0.341 e. The molecule has 0 saturated carbocycles. The van der Waals surface area contributed by atoms with Crippen molar-refractivity contribution in [2.75, 3.05) is 25.3 Å². The molecule has 0 aromatic heterocycles. The Hall–Kier alpha value is -3.70. The number of carbonyl (C=O) groups excluding carboxylic acids is 3. The van der Waals surface area contributed by atoms with Crippen LogP contribution in [-0.2, 0) is 15.1 Å². The zero-order valence-corrected chi connectivity index (χ0v) is 22.9. The zero-order chi connectivity index (χ0) is 28.9. The summed E-state index contributed by atoms with van der Waals surface area (Å²) in [4.78, 5) is 39.3. The number of amides is 1. The number of nitrogen functional groups attached to an aromatic ring is 1. The molecule has 3 aromatic carbocycles. The summed E-state index contributed by atoms with van der Waals surface area (Å²) in [5, 5.41) is 6.36. The normalized spacial score (nSPS) is 23.1. The van der Waals surface area contributed by atoms with Gasteiger partial charge in [0.25, 0.3) is 0 Å². The number of methoxy groups -OCH3 is 2. The lowest BCUT2D eigenvalue weighted by Gasteiger charge is -2.31. The van der Waals surface area contributed by atoms with Crippen LogP contribution in [-0.4, -0.2) is 44.0 Å². The second kappa shape index (κ2) is 10.4. The lowest BCUT2D eigenvalue weighted by molar-refractivity contribution is -0.122. The topological polar surface area (TPSA) is 146 Å². The fourth-order valence-electron chi connectivity index (χ4n) is 5.73. The molecule has 12 heteroatoms. The number of benzene rings is 3. The van der Waals surface area contributed by atoms with E-state index >= 15 is 4.39 Å². The number of carbonyl (C=O) groups is 3. The first-order valence-electron chi connectivity index (χ1n) is 12.2. The van der Waals surface area contributed by atoms with Crippen molar-refractivity contribution >= 4 is 52.2 Å². The van der Waals surface area contributed by atoms with Crippen molar-refractivity contribution in [3.05, 3.63) is 86.6 Å². The minimum absolute atomic E-state index is 0.0310. The van der Waals surface area contributed by atoms with Crippen molar-refractivity contribution in [1.29, 1.82) is 0 Å². The Morgan fingerprint density at radius 2 is 1.85 bits per heavy atom. The maximum absolute atomic E-state index is 15.5. The molecule has 0 aliphatic carbocycles. The van der Waals surface area contributed by atoms with Gasteiger partial charge in [-0.05, 0) is 35.9 Å². The lowest BCUT2D eigenvalue weighted by Crippen LogP contribution is -2.49. The number of anilines is 2. The largest absolute Gasteiger partial charge is 0.496 e. The van der Waals surface area contributed by atoms with Gasteiger partial charge in [0.2, 0.25) is 5.91 Å². The van der Waals surface area contributed by atoms with Crippen molar-refractivity contribution in [3.63, 3.8) is 0 Å². The quantitative estimate of drug-likeness (QED) is 0.192. The molecule has 1 fully saturated rings. The summed E-state index contributed by atoms with van der Waals surface area (Å²) in [7, 11) is 2.56. The summed E-state index contributed by atoms with van der Waals surface area (Å²) in [6.45, 7) is 0. The molecule has 2 aliphatic rings. The number of hydrogen-bond acceptors (Lipinski definition) is 8. The van der Waals surface area contributed by atoms with Crippen LogP contribution in [0.2, 0.25) is 10.0 Å². The molecule has 4 atom stereocenters. The standard InChI is InChI=1S/C28H25Cl2FN4O5/c1-39-22-10-14(18(32)9-15(22)26(37)40-2)21(36)11-20-25(33)23(13-4-3-5-17(30)24(13)31)28(35-20)16-7-6-12(29)8-19(16)34-27(28)38/h3-10,20,23,25,35H,11,32-33H2,1-2H3,(H,34,38)/t20-,23-,25+,28+/m0/s1. The maximum atomic E-state index is 15.5. The monoisotopic (exact) mass is 586 g/mol. The molecular formula is C28H25Cl2FN4O5. The van der Waals surface area contributed by atoms with E-state index in [4.69, 9.17) is 44.1 Å². The van der Waals surface area contributed by atoms with Crippen LogP contribution in [0.3, 0.4) is 0 Å². The van der Waals surface area contributed by atoms with E-state index in [-0.39, 0.29) is 39.6 Å². The van der Waals surface area contributed by atoms with E-state index in [1.54, 1.807) is 24.3 Å². The highest BCUT2D eigenvalue weighted by atomic mass is 35.5. The van der Waals surface area contributed by atoms with E-state index in [0.717, 1.165) is 0 Å². The minimum atomic E-state index is -1.52. The third-order valence-electron chi connectivity index (χ3n) is 7.54. The summed E-state index contributed by atoms with van der Waals surface area (Å²) in [5.41, 5.74) is 12.6. The van der Waals surface area contributed by atoms with Gasteiger partial charge in [0, 0.05) is 51.9 Å². The number of nitrogens with one attached hydrogen (secondary N) is 2. The van der Waals surface area contributed by atoms with Crippen LogP contribution in [0.1, 0.15) is 44.2 Å². The fraction of sp³-hybridized carbons (Fsp3) is 0.250. The highest BCUT2D eigenvalue weighted by Crippen LogP contribution is 2.52. The Kier molecular flexibility index (Phi) is 7.22. The Balaban J connectivity index is 1.58. The molecule has 0 radical (unpaired) electrons. The first-order chi connectivity index (χ1) is 19.0. The summed E-state index contributed by atoms with van der Waals surface area (Å²) in [6.07, 6.45) is -0.206. The first-order valence-corrected chi connectivity index (χ1v) is 13.0. The minimum Gasteiger partial charge on any atom is -0.496 e. The molecule has 1 saturated heterocycles. The highest BCUT2D eigenvalue weighted by Gasteiger charge is 2.62. The van der Waals surface area contributed by atoms with E-state index in [9.17, 15) is 14.4 Å². The third-order valence-corrected chi connectivity index (χ3v) is 8.07. The molecule has 2 heterocycles. The van der Waals surface area contributed by atoms with Crippen molar-refractivity contribution in [3.8, 4) is 5.75 Å². The van der Waals surface area contributed by atoms with Gasteiger partial charge in [0.15, 0.2) is 5.78 Å². The van der Waals surface area contributed by atoms with Crippen LogP contribution in [0.15, 0.2) is 48.5 Å². The van der Waals surface area contributed by atoms with Crippen LogP contribution in [0, 0.1) is 5.82 Å². The summed E-state index contributed by atoms with van der Waals surface area (Å²) in [5.74, 6) is -3.13. The van der Waals surface area contributed by atoms with Crippen molar-refractivity contribution in [2.24, 2.45) is 5.73 Å². The van der Waals surface area contributed by atoms with Crippen molar-refractivity contribution in [2.45, 2.75) is 30.0 Å². The van der Waals surface area contributed by atoms with E-state index < -0.39 is 47.0 Å². The Labute approximate surface area is 238 Å². The Morgan fingerprint density at radius 3 is 2.55 bits per heavy atom. The number of ether oxygens (including phenoxy) is 2. The van der Waals surface area contributed by atoms with E-state index in [1.165, 1.54) is 38.5 Å². The zero-order valence-electron chi connectivity index (χ0n) is 21.4. The number of ketones is 1. The average molecular weight is 587 g/mol. The summed E-state index contributed by atoms with van der Waals surface area (Å²) in [6, 6.07) is 10.3. The molecule has 0 bridgehead atoms. The number of Topliss-reactive ketones (excluding diaryl/α,β-unsaturated/α-hetero) is 1. The number of fused-ring (bicyclic) bond motifs is 2. The first kappa shape index (κ1) is 27.9. The van der Waals surface area contributed by atoms with Gasteiger partial charge in [-0.1, -0.05) is 41.4 Å². The third kappa shape index (κ3) is 4.28. The maximum Gasteiger partial charge on any atom is 0.341 e. The molecule has 1 spiro atoms. The van der Waals surface area contributed by atoms with Gasteiger partial charge in [-0.3, -0.25) is 14.9 Å². The molecule has 208 valence electrons. The lowest BCUT2D eigenvalue weighted by atomic mass is 9.74. The molecule has 1 amide bonds. The van der Waals surface area contributed by atoms with Crippen LogP contribution >= 0.6 is 23.2 Å². The summed E-state index contributed by atoms with van der Waals surface area (Å²) < 4.78 is 25.5. The predicted molar refractivity (Wildman–Crippen MR) is 149 cm³/mol. The van der Waals surface area contributed by atoms with Gasteiger partial charge in [0.1, 0.15) is 22.7 Å². The van der Waals surface area contributed by atoms with Gasteiger partial charge < -0.3 is 26.3 Å². The molecule has 0 unspecified atom stereocenters. The number of esters is 1. The average Bonchev–Trinajstić information content (AvgIpc) is 3.36. The van der Waals surface area contributed by atoms with Crippen molar-refractivity contribution in [1.82, 2.24) is 5.32 Å². The Morgan fingerprint density at radius 1 is 1.10 bits per heavy atom. The Bertz CT molecular complexity index is 1570. The molecule has 6 N–H and O–H groups in total. The fourth-order valence-corrected chi connectivity index (χ4v) is 6.09. The number of halogens is 3. The molecular weight excluding hydrogens is 562 g/mol. The number of hydrogen-bond donors (Lipinski definition) is 4. The molecule has 3 aromatic rings. The highest BCUT2D eigenvalue weighted by molar-refractivity contribution is 6.31. The molecule has 40 heavy (non-hydrogen) atoms. The SMILES string of the molecule is COC(=O)c1cc(N)c(C(=O)C[C@@H]2N[C@@]3(C(=O)Nc4cc(Cl)ccc43)[C@@H](c3cccc(Cl)c3F)[C@@H]2N)cc1OC. The van der Waals surface area contributed by atoms with Crippen LogP contribution in [0.4, 0.5) is 15.8 Å². The number of nitrogens with two attached hydrogens (primary N) is 2. The molecule has 5 rings (SSSR count). The summed E-state index contributed by atoms with van der Waals surface area (Å²) >= 11 is 12.3. The second-order valence-electron chi connectivity index (χ2n) is 9.66. The van der Waals surface area contributed by atoms with E-state index in [0.29, 0.717) is 16.3 Å². The second-order valence-corrected chi connectivity index (χ2v) is 10.5. The van der Waals surface area contributed by atoms with Crippen LogP contribution in [0.5, 0.6) is 5.75 Å². The molecule has 2 aliphatic heterocycles. The van der Waals surface area contributed by atoms with Crippen LogP contribution in [0.25, 0.3) is 0 Å². The van der Waals surface area contributed by atoms with Gasteiger partial charge in [-0.2, -0.15) is 0 Å². The van der Waals surface area contributed by atoms with Crippen LogP contribution < -0.4 is 26.8 Å². The van der Waals surface area contributed by atoms with Gasteiger partial charge in [-0.15, -0.1) is 0 Å². The predicted octanol–water partition coefficient (Wildman–Crippen LogP) is 4.01. The molecule has 9 nitrogen and oxygen atoms in total. The van der Waals surface area contributed by atoms with Gasteiger partial charge in [-0.25, -0.2) is 9.18 Å².